The van der Waals surface area contributed by atoms with Crippen molar-refractivity contribution in [2.45, 2.75) is 27.3 Å². The second kappa shape index (κ2) is 7.13. The van der Waals surface area contributed by atoms with Gasteiger partial charge in [0.15, 0.2) is 5.13 Å². The van der Waals surface area contributed by atoms with Crippen LogP contribution in [0.5, 0.6) is 0 Å². The number of nitrogens with zero attached hydrogens (tertiary/aromatic N) is 5. The van der Waals surface area contributed by atoms with Crippen LogP contribution in [-0.4, -0.2) is 25.5 Å². The number of aromatic nitrogens is 4. The summed E-state index contributed by atoms with van der Waals surface area (Å²) < 4.78 is 4.98. The molecule has 0 saturated heterocycles. The summed E-state index contributed by atoms with van der Waals surface area (Å²) >= 11 is 2.63. The molecule has 4 rings (SSSR count). The molecule has 0 bridgehead atoms. The van der Waals surface area contributed by atoms with Crippen molar-refractivity contribution in [1.82, 2.24) is 19.6 Å². The molecule has 0 spiro atoms. The van der Waals surface area contributed by atoms with Crippen molar-refractivity contribution >= 4 is 44.1 Å². The SMILES string of the molecule is Cc1ccc2sc(N(Cc3cccnc3)C(=O)c3snnc3C)nc2c1C. The molecule has 0 N–H and O–H groups in total. The normalized spacial score (nSPS) is 11.1. The van der Waals surface area contributed by atoms with E-state index >= 15 is 0 Å². The first-order valence-corrected chi connectivity index (χ1v) is 10.00. The number of aryl methyl sites for hydroxylation is 3. The van der Waals surface area contributed by atoms with Gasteiger partial charge in [-0.3, -0.25) is 14.7 Å². The van der Waals surface area contributed by atoms with E-state index in [4.69, 9.17) is 4.98 Å². The first-order chi connectivity index (χ1) is 13.0. The van der Waals surface area contributed by atoms with Crippen molar-refractivity contribution in [3.63, 3.8) is 0 Å². The smallest absolute Gasteiger partial charge is 0.274 e. The van der Waals surface area contributed by atoms with E-state index in [-0.39, 0.29) is 5.91 Å². The summed E-state index contributed by atoms with van der Waals surface area (Å²) in [5.41, 5.74) is 4.84. The van der Waals surface area contributed by atoms with Crippen LogP contribution in [-0.2, 0) is 6.54 Å². The van der Waals surface area contributed by atoms with E-state index in [1.54, 1.807) is 24.2 Å². The molecule has 0 saturated carbocycles. The first kappa shape index (κ1) is 17.7. The number of fused-ring (bicyclic) bond motifs is 1. The van der Waals surface area contributed by atoms with Gasteiger partial charge < -0.3 is 0 Å². The van der Waals surface area contributed by atoms with Crippen molar-refractivity contribution in [1.29, 1.82) is 0 Å². The molecule has 3 heterocycles. The zero-order chi connectivity index (χ0) is 19.0. The van der Waals surface area contributed by atoms with E-state index < -0.39 is 0 Å². The quantitative estimate of drug-likeness (QED) is 0.515. The molecule has 1 aromatic carbocycles. The van der Waals surface area contributed by atoms with Crippen molar-refractivity contribution < 1.29 is 4.79 Å². The number of hydrogen-bond donors (Lipinski definition) is 0. The van der Waals surface area contributed by atoms with E-state index in [1.807, 2.05) is 12.1 Å². The third-order valence-electron chi connectivity index (χ3n) is 4.46. The van der Waals surface area contributed by atoms with Crippen LogP contribution >= 0.6 is 22.9 Å². The third kappa shape index (κ3) is 3.33. The highest BCUT2D eigenvalue weighted by Gasteiger charge is 2.25. The molecule has 3 aromatic heterocycles. The Kier molecular flexibility index (Phi) is 4.67. The fourth-order valence-corrected chi connectivity index (χ4v) is 4.41. The van der Waals surface area contributed by atoms with E-state index in [2.05, 4.69) is 40.6 Å². The summed E-state index contributed by atoms with van der Waals surface area (Å²) in [7, 11) is 0. The van der Waals surface area contributed by atoms with Gasteiger partial charge in [-0.2, -0.15) is 0 Å². The molecule has 0 fully saturated rings. The van der Waals surface area contributed by atoms with Gasteiger partial charge in [-0.05, 0) is 61.1 Å². The second-order valence-corrected chi connectivity index (χ2v) is 8.05. The van der Waals surface area contributed by atoms with Crippen molar-refractivity contribution in [2.75, 3.05) is 4.90 Å². The summed E-state index contributed by atoms with van der Waals surface area (Å²) in [6, 6.07) is 7.96. The van der Waals surface area contributed by atoms with Crippen LogP contribution in [0.25, 0.3) is 10.2 Å². The van der Waals surface area contributed by atoms with Gasteiger partial charge in [-0.1, -0.05) is 28.0 Å². The predicted octanol–water partition coefficient (Wildman–Crippen LogP) is 4.32. The number of pyridine rings is 1. The molecule has 0 aliphatic carbocycles. The van der Waals surface area contributed by atoms with E-state index in [1.165, 1.54) is 16.9 Å². The van der Waals surface area contributed by atoms with Gasteiger partial charge in [0.05, 0.1) is 22.5 Å². The molecular formula is C19H17N5OS2. The fourth-order valence-electron chi connectivity index (χ4n) is 2.78. The number of anilines is 1. The largest absolute Gasteiger partial charge is 0.279 e. The Morgan fingerprint density at radius 2 is 2.04 bits per heavy atom. The van der Waals surface area contributed by atoms with Crippen molar-refractivity contribution in [3.8, 4) is 0 Å². The third-order valence-corrected chi connectivity index (χ3v) is 6.32. The molecule has 136 valence electrons. The van der Waals surface area contributed by atoms with Crippen LogP contribution in [0.3, 0.4) is 0 Å². The van der Waals surface area contributed by atoms with Gasteiger partial charge in [0.2, 0.25) is 0 Å². The molecule has 0 atom stereocenters. The van der Waals surface area contributed by atoms with Gasteiger partial charge in [0, 0.05) is 12.4 Å². The van der Waals surface area contributed by atoms with Crippen LogP contribution in [0.2, 0.25) is 0 Å². The minimum atomic E-state index is -0.139. The Labute approximate surface area is 164 Å². The topological polar surface area (TPSA) is 71.9 Å². The lowest BCUT2D eigenvalue weighted by Crippen LogP contribution is -2.30. The molecule has 0 aliphatic heterocycles. The lowest BCUT2D eigenvalue weighted by Gasteiger charge is -2.19. The van der Waals surface area contributed by atoms with Crippen LogP contribution in [0.1, 0.15) is 32.1 Å². The standard InChI is InChI=1S/C19H17N5OS2/c1-11-6-7-15-16(12(11)2)21-19(26-15)24(10-14-5-4-8-20-9-14)18(25)17-13(3)22-23-27-17/h4-9H,10H2,1-3H3. The highest BCUT2D eigenvalue weighted by Crippen LogP contribution is 2.33. The summed E-state index contributed by atoms with van der Waals surface area (Å²) in [5, 5.41) is 4.65. The van der Waals surface area contributed by atoms with Crippen LogP contribution in [0.4, 0.5) is 5.13 Å². The van der Waals surface area contributed by atoms with Gasteiger partial charge in [0.1, 0.15) is 4.88 Å². The van der Waals surface area contributed by atoms with Gasteiger partial charge in [0.25, 0.3) is 5.91 Å². The summed E-state index contributed by atoms with van der Waals surface area (Å²) in [4.78, 5) is 24.4. The molecule has 6 nitrogen and oxygen atoms in total. The van der Waals surface area contributed by atoms with Crippen molar-refractivity contribution in [2.24, 2.45) is 0 Å². The molecule has 0 aliphatic rings. The van der Waals surface area contributed by atoms with Gasteiger partial charge in [-0.15, -0.1) is 5.10 Å². The van der Waals surface area contributed by atoms with Gasteiger partial charge >= 0.3 is 0 Å². The van der Waals surface area contributed by atoms with Crippen LogP contribution in [0.15, 0.2) is 36.7 Å². The molecule has 27 heavy (non-hydrogen) atoms. The Bertz CT molecular complexity index is 1120. The molecule has 0 radical (unpaired) electrons. The first-order valence-electron chi connectivity index (χ1n) is 8.41. The molecule has 0 unspecified atom stereocenters. The van der Waals surface area contributed by atoms with Crippen LogP contribution < -0.4 is 4.90 Å². The Morgan fingerprint density at radius 3 is 2.74 bits per heavy atom. The number of rotatable bonds is 4. The molecule has 8 heteroatoms. The van der Waals surface area contributed by atoms with Crippen molar-refractivity contribution in [3.05, 3.63) is 63.9 Å². The summed E-state index contributed by atoms with van der Waals surface area (Å²) in [6.45, 7) is 6.32. The van der Waals surface area contributed by atoms with E-state index in [0.29, 0.717) is 22.2 Å². The fraction of sp³-hybridized carbons (Fsp3) is 0.211. The average molecular weight is 396 g/mol. The second-order valence-electron chi connectivity index (χ2n) is 6.29. The lowest BCUT2D eigenvalue weighted by molar-refractivity contribution is 0.0988. The molecule has 1 amide bonds. The minimum absolute atomic E-state index is 0.139. The zero-order valence-electron chi connectivity index (χ0n) is 15.1. The Hall–Kier alpha value is -2.71. The van der Waals surface area contributed by atoms with Gasteiger partial charge in [-0.25, -0.2) is 4.98 Å². The highest BCUT2D eigenvalue weighted by atomic mass is 32.1. The molecular weight excluding hydrogens is 378 g/mol. The van der Waals surface area contributed by atoms with E-state index in [0.717, 1.165) is 32.9 Å². The number of carbonyl (C=O) groups is 1. The lowest BCUT2D eigenvalue weighted by atomic mass is 10.1. The summed E-state index contributed by atoms with van der Waals surface area (Å²) in [5.74, 6) is -0.139. The number of benzene rings is 1. The highest BCUT2D eigenvalue weighted by molar-refractivity contribution is 7.22. The maximum Gasteiger partial charge on any atom is 0.274 e. The Morgan fingerprint density at radius 1 is 1.19 bits per heavy atom. The summed E-state index contributed by atoms with van der Waals surface area (Å²) in [6.07, 6.45) is 3.48. The predicted molar refractivity (Wildman–Crippen MR) is 108 cm³/mol. The molecule has 4 aromatic rings. The number of thiazole rings is 1. The minimum Gasteiger partial charge on any atom is -0.279 e. The van der Waals surface area contributed by atoms with E-state index in [9.17, 15) is 4.79 Å². The Balaban J connectivity index is 1.81. The maximum absolute atomic E-state index is 13.3. The number of amides is 1. The van der Waals surface area contributed by atoms with Crippen LogP contribution in [0, 0.1) is 20.8 Å². The average Bonchev–Trinajstić information content (AvgIpc) is 3.30. The monoisotopic (exact) mass is 395 g/mol. The number of hydrogen-bond acceptors (Lipinski definition) is 7. The number of carbonyl (C=O) groups excluding carboxylic acids is 1. The zero-order valence-corrected chi connectivity index (χ0v) is 16.8. The maximum atomic E-state index is 13.3.